The van der Waals surface area contributed by atoms with E-state index in [1.54, 1.807) is 43.3 Å². The van der Waals surface area contributed by atoms with Crippen LogP contribution in [0.25, 0.3) is 0 Å². The molecule has 0 aliphatic rings. The number of para-hydroxylation sites is 2. The van der Waals surface area contributed by atoms with Crippen molar-refractivity contribution in [1.29, 1.82) is 0 Å². The van der Waals surface area contributed by atoms with Crippen molar-refractivity contribution in [3.8, 4) is 5.75 Å². The van der Waals surface area contributed by atoms with E-state index in [2.05, 4.69) is 10.0 Å². The SMILES string of the molecule is CC[C@@H](Oc1ccccc1F)C(=O)Nc1ccc(S(=O)(=O)Nc2ccccc2)cc1. The Morgan fingerprint density at radius 2 is 1.57 bits per heavy atom. The van der Waals surface area contributed by atoms with Crippen molar-refractivity contribution in [3.63, 3.8) is 0 Å². The lowest BCUT2D eigenvalue weighted by atomic mass is 10.2. The molecule has 8 heteroatoms. The molecule has 1 atom stereocenters. The van der Waals surface area contributed by atoms with Gasteiger partial charge in [-0.2, -0.15) is 0 Å². The fourth-order valence-corrected chi connectivity index (χ4v) is 3.73. The van der Waals surface area contributed by atoms with E-state index < -0.39 is 27.9 Å². The zero-order chi connectivity index (χ0) is 21.6. The van der Waals surface area contributed by atoms with Crippen LogP contribution in [0.15, 0.2) is 83.8 Å². The Hall–Kier alpha value is -3.39. The Labute approximate surface area is 174 Å². The molecule has 1 amide bonds. The highest BCUT2D eigenvalue weighted by atomic mass is 32.2. The van der Waals surface area contributed by atoms with E-state index >= 15 is 0 Å². The van der Waals surface area contributed by atoms with E-state index in [1.165, 1.54) is 42.5 Å². The summed E-state index contributed by atoms with van der Waals surface area (Å²) in [5.74, 6) is -1.02. The molecule has 0 radical (unpaired) electrons. The quantitative estimate of drug-likeness (QED) is 0.556. The maximum absolute atomic E-state index is 13.8. The van der Waals surface area contributed by atoms with Crippen molar-refractivity contribution in [2.75, 3.05) is 10.0 Å². The van der Waals surface area contributed by atoms with Gasteiger partial charge in [-0.15, -0.1) is 0 Å². The summed E-state index contributed by atoms with van der Waals surface area (Å²) in [7, 11) is -3.75. The third kappa shape index (κ3) is 5.36. The predicted octanol–water partition coefficient (Wildman–Crippen LogP) is 4.42. The number of carbonyl (C=O) groups excluding carboxylic acids is 1. The number of rotatable bonds is 8. The number of hydrogen-bond donors (Lipinski definition) is 2. The van der Waals surface area contributed by atoms with Gasteiger partial charge in [0.2, 0.25) is 0 Å². The number of hydrogen-bond acceptors (Lipinski definition) is 4. The van der Waals surface area contributed by atoms with Crippen LogP contribution in [0.2, 0.25) is 0 Å². The lowest BCUT2D eigenvalue weighted by Gasteiger charge is -2.17. The molecule has 0 aromatic heterocycles. The second kappa shape index (κ2) is 9.41. The molecule has 0 aliphatic heterocycles. The van der Waals surface area contributed by atoms with E-state index in [-0.39, 0.29) is 10.6 Å². The lowest BCUT2D eigenvalue weighted by molar-refractivity contribution is -0.122. The van der Waals surface area contributed by atoms with Gasteiger partial charge in [0, 0.05) is 11.4 Å². The Bertz CT molecular complexity index is 1100. The summed E-state index contributed by atoms with van der Waals surface area (Å²) in [5.41, 5.74) is 0.847. The summed E-state index contributed by atoms with van der Waals surface area (Å²) in [6.07, 6.45) is -0.571. The number of ether oxygens (including phenoxy) is 1. The molecule has 0 aliphatic carbocycles. The van der Waals surface area contributed by atoms with Crippen molar-refractivity contribution >= 4 is 27.3 Å². The van der Waals surface area contributed by atoms with Crippen molar-refractivity contribution in [2.24, 2.45) is 0 Å². The highest BCUT2D eigenvalue weighted by Gasteiger charge is 2.20. The third-order valence-electron chi connectivity index (χ3n) is 4.23. The predicted molar refractivity (Wildman–Crippen MR) is 113 cm³/mol. The standard InChI is InChI=1S/C22H21FN2O4S/c1-2-20(29-21-11-7-6-10-19(21)23)22(26)24-16-12-14-18(15-13-16)30(27,28)25-17-8-4-3-5-9-17/h3-15,20,25H,2H2,1H3,(H,24,26)/t20-/m1/s1. The van der Waals surface area contributed by atoms with Gasteiger partial charge in [0.05, 0.1) is 4.90 Å². The van der Waals surface area contributed by atoms with Crippen LogP contribution in [-0.2, 0) is 14.8 Å². The van der Waals surface area contributed by atoms with E-state index in [0.717, 1.165) is 0 Å². The Kier molecular flexibility index (Phi) is 6.68. The monoisotopic (exact) mass is 428 g/mol. The summed E-state index contributed by atoms with van der Waals surface area (Å²) >= 11 is 0. The molecule has 0 bridgehead atoms. The molecular weight excluding hydrogens is 407 g/mol. The lowest BCUT2D eigenvalue weighted by Crippen LogP contribution is -2.32. The van der Waals surface area contributed by atoms with Crippen molar-refractivity contribution in [2.45, 2.75) is 24.3 Å². The summed E-state index contributed by atoms with van der Waals surface area (Å²) in [4.78, 5) is 12.5. The second-order valence-electron chi connectivity index (χ2n) is 6.43. The molecule has 0 saturated heterocycles. The highest BCUT2D eigenvalue weighted by Crippen LogP contribution is 2.21. The van der Waals surface area contributed by atoms with Crippen LogP contribution < -0.4 is 14.8 Å². The summed E-state index contributed by atoms with van der Waals surface area (Å²) in [6.45, 7) is 1.75. The van der Waals surface area contributed by atoms with Crippen LogP contribution in [0.4, 0.5) is 15.8 Å². The maximum Gasteiger partial charge on any atom is 0.265 e. The molecule has 3 aromatic carbocycles. The van der Waals surface area contributed by atoms with Gasteiger partial charge in [0.15, 0.2) is 17.7 Å². The first-order chi connectivity index (χ1) is 14.4. The number of nitrogens with one attached hydrogen (secondary N) is 2. The number of benzene rings is 3. The van der Waals surface area contributed by atoms with Gasteiger partial charge in [0.1, 0.15) is 0 Å². The third-order valence-corrected chi connectivity index (χ3v) is 5.62. The first-order valence-electron chi connectivity index (χ1n) is 9.29. The van der Waals surface area contributed by atoms with E-state index in [9.17, 15) is 17.6 Å². The molecule has 3 aromatic rings. The molecule has 0 saturated carbocycles. The van der Waals surface area contributed by atoms with Crippen molar-refractivity contribution in [3.05, 3.63) is 84.7 Å². The van der Waals surface area contributed by atoms with Crippen LogP contribution in [-0.4, -0.2) is 20.4 Å². The molecule has 30 heavy (non-hydrogen) atoms. The van der Waals surface area contributed by atoms with E-state index in [4.69, 9.17) is 4.74 Å². The molecule has 2 N–H and O–H groups in total. The average molecular weight is 428 g/mol. The van der Waals surface area contributed by atoms with Crippen LogP contribution in [0.3, 0.4) is 0 Å². The molecule has 0 spiro atoms. The smallest absolute Gasteiger partial charge is 0.265 e. The largest absolute Gasteiger partial charge is 0.478 e. The Morgan fingerprint density at radius 3 is 2.20 bits per heavy atom. The first kappa shape index (κ1) is 21.3. The zero-order valence-corrected chi connectivity index (χ0v) is 17.0. The molecule has 0 unspecified atom stereocenters. The topological polar surface area (TPSA) is 84.5 Å². The second-order valence-corrected chi connectivity index (χ2v) is 8.11. The maximum atomic E-state index is 13.8. The van der Waals surface area contributed by atoms with E-state index in [1.807, 2.05) is 0 Å². The van der Waals surface area contributed by atoms with Crippen LogP contribution in [0.5, 0.6) is 5.75 Å². The minimum absolute atomic E-state index is 0.00655. The minimum atomic E-state index is -3.75. The number of halogens is 1. The van der Waals surface area contributed by atoms with Gasteiger partial charge in [-0.3, -0.25) is 9.52 Å². The zero-order valence-electron chi connectivity index (χ0n) is 16.2. The number of anilines is 2. The van der Waals surface area contributed by atoms with Gasteiger partial charge >= 0.3 is 0 Å². The fourth-order valence-electron chi connectivity index (χ4n) is 2.68. The molecular formula is C22H21FN2O4S. The molecule has 156 valence electrons. The van der Waals surface area contributed by atoms with Gasteiger partial charge in [-0.1, -0.05) is 37.3 Å². The molecule has 0 heterocycles. The first-order valence-corrected chi connectivity index (χ1v) is 10.8. The Balaban J connectivity index is 1.67. The molecule has 3 rings (SSSR count). The van der Waals surface area contributed by atoms with Gasteiger partial charge < -0.3 is 10.1 Å². The number of sulfonamides is 1. The van der Waals surface area contributed by atoms with Crippen LogP contribution >= 0.6 is 0 Å². The summed E-state index contributed by atoms with van der Waals surface area (Å²) in [5, 5.41) is 2.66. The van der Waals surface area contributed by atoms with Gasteiger partial charge in [-0.25, -0.2) is 12.8 Å². The van der Waals surface area contributed by atoms with Crippen molar-refractivity contribution in [1.82, 2.24) is 0 Å². The average Bonchev–Trinajstić information content (AvgIpc) is 2.74. The van der Waals surface area contributed by atoms with E-state index in [0.29, 0.717) is 17.8 Å². The minimum Gasteiger partial charge on any atom is -0.478 e. The Morgan fingerprint density at radius 1 is 0.933 bits per heavy atom. The van der Waals surface area contributed by atoms with Gasteiger partial charge in [-0.05, 0) is 55.0 Å². The van der Waals surface area contributed by atoms with Crippen LogP contribution in [0.1, 0.15) is 13.3 Å². The fraction of sp³-hybridized carbons (Fsp3) is 0.136. The number of carbonyl (C=O) groups is 1. The molecule has 6 nitrogen and oxygen atoms in total. The van der Waals surface area contributed by atoms with Gasteiger partial charge in [0.25, 0.3) is 15.9 Å². The summed E-state index contributed by atoms with van der Waals surface area (Å²) < 4.78 is 46.7. The molecule has 0 fully saturated rings. The number of amides is 1. The van der Waals surface area contributed by atoms with Crippen LogP contribution in [0, 0.1) is 5.82 Å². The normalized spacial score (nSPS) is 12.1. The van der Waals surface area contributed by atoms with Crippen molar-refractivity contribution < 1.29 is 22.3 Å². The highest BCUT2D eigenvalue weighted by molar-refractivity contribution is 7.92. The summed E-state index contributed by atoms with van der Waals surface area (Å²) in [6, 6.07) is 20.1.